The van der Waals surface area contributed by atoms with Crippen LogP contribution in [0.15, 0.2) is 42.5 Å². The Labute approximate surface area is 149 Å². The molecule has 23 heavy (non-hydrogen) atoms. The summed E-state index contributed by atoms with van der Waals surface area (Å²) < 4.78 is 0. The first-order chi connectivity index (χ1) is 10.5. The monoisotopic (exact) mass is 366 g/mol. The Morgan fingerprint density at radius 1 is 1.13 bits per heavy atom. The summed E-state index contributed by atoms with van der Waals surface area (Å²) in [5.41, 5.74) is 8.65. The molecule has 0 spiro atoms. The minimum absolute atomic E-state index is 0. The fraction of sp³-hybridized carbons (Fsp3) is 0.0588. The fourth-order valence-corrected chi connectivity index (χ4v) is 3.01. The Balaban J connectivity index is 0.00000192. The van der Waals surface area contributed by atoms with Crippen LogP contribution >= 0.6 is 35.6 Å². The molecule has 6 heteroatoms. The molecule has 0 fully saturated rings. The second-order valence-corrected chi connectivity index (χ2v) is 5.80. The van der Waals surface area contributed by atoms with Gasteiger partial charge < -0.3 is 5.73 Å². The van der Waals surface area contributed by atoms with Crippen LogP contribution in [-0.2, 0) is 0 Å². The number of pyridine rings is 1. The van der Waals surface area contributed by atoms with Gasteiger partial charge in [0, 0.05) is 26.6 Å². The van der Waals surface area contributed by atoms with Gasteiger partial charge in [0.25, 0.3) is 5.91 Å². The molecule has 118 valence electrons. The molecular formula is C17H13Cl3N2O. The summed E-state index contributed by atoms with van der Waals surface area (Å²) in [6, 6.07) is 12.7. The van der Waals surface area contributed by atoms with E-state index in [9.17, 15) is 4.79 Å². The lowest BCUT2D eigenvalue weighted by Gasteiger charge is -2.15. The van der Waals surface area contributed by atoms with Crippen LogP contribution in [-0.4, -0.2) is 10.9 Å². The summed E-state index contributed by atoms with van der Waals surface area (Å²) in [5.74, 6) is -0.540. The molecule has 3 nitrogen and oxygen atoms in total. The molecule has 0 radical (unpaired) electrons. The first-order valence-corrected chi connectivity index (χ1v) is 7.39. The van der Waals surface area contributed by atoms with Crippen LogP contribution in [0.25, 0.3) is 22.0 Å². The van der Waals surface area contributed by atoms with Gasteiger partial charge in [-0.1, -0.05) is 41.4 Å². The number of carbonyl (C=O) groups is 1. The highest BCUT2D eigenvalue weighted by molar-refractivity contribution is 6.34. The summed E-state index contributed by atoms with van der Waals surface area (Å²) in [7, 11) is 0. The fourth-order valence-electron chi connectivity index (χ4n) is 2.60. The topological polar surface area (TPSA) is 56.0 Å². The first-order valence-electron chi connectivity index (χ1n) is 6.63. The van der Waals surface area contributed by atoms with Crippen molar-refractivity contribution < 1.29 is 4.79 Å². The molecule has 3 aromatic rings. The lowest BCUT2D eigenvalue weighted by Crippen LogP contribution is -2.15. The van der Waals surface area contributed by atoms with Crippen LogP contribution in [0.4, 0.5) is 0 Å². The van der Waals surface area contributed by atoms with Gasteiger partial charge in [0.1, 0.15) is 0 Å². The van der Waals surface area contributed by atoms with Gasteiger partial charge in [-0.2, -0.15) is 0 Å². The molecular weight excluding hydrogens is 355 g/mol. The van der Waals surface area contributed by atoms with Crippen LogP contribution in [0.2, 0.25) is 10.0 Å². The van der Waals surface area contributed by atoms with E-state index in [4.69, 9.17) is 28.9 Å². The van der Waals surface area contributed by atoms with Crippen LogP contribution < -0.4 is 5.73 Å². The van der Waals surface area contributed by atoms with E-state index in [0.29, 0.717) is 26.9 Å². The van der Waals surface area contributed by atoms with Crippen molar-refractivity contribution in [3.8, 4) is 11.1 Å². The zero-order valence-corrected chi connectivity index (χ0v) is 14.5. The minimum Gasteiger partial charge on any atom is -0.366 e. The van der Waals surface area contributed by atoms with Crippen molar-refractivity contribution in [1.29, 1.82) is 0 Å². The van der Waals surface area contributed by atoms with Gasteiger partial charge in [0.2, 0.25) is 0 Å². The summed E-state index contributed by atoms with van der Waals surface area (Å²) in [6.07, 6.45) is 0. The van der Waals surface area contributed by atoms with Crippen molar-refractivity contribution in [3.05, 3.63) is 63.8 Å². The molecule has 0 aliphatic rings. The Hall–Kier alpha value is -1.81. The lowest BCUT2D eigenvalue weighted by atomic mass is 9.94. The lowest BCUT2D eigenvalue weighted by molar-refractivity contribution is 0.1000. The van der Waals surface area contributed by atoms with Crippen LogP contribution in [0.3, 0.4) is 0 Å². The van der Waals surface area contributed by atoms with Gasteiger partial charge in [-0.15, -0.1) is 12.4 Å². The molecule has 0 aliphatic heterocycles. The highest BCUT2D eigenvalue weighted by atomic mass is 35.5. The first kappa shape index (κ1) is 17.5. The van der Waals surface area contributed by atoms with Crippen molar-refractivity contribution in [2.24, 2.45) is 5.73 Å². The highest BCUT2D eigenvalue weighted by Crippen LogP contribution is 2.37. The summed E-state index contributed by atoms with van der Waals surface area (Å²) in [6.45, 7) is 1.76. The molecule has 0 saturated heterocycles. The maximum Gasteiger partial charge on any atom is 0.251 e. The predicted octanol–water partition coefficient (Wildman–Crippen LogP) is 5.04. The molecule has 1 aromatic heterocycles. The van der Waals surface area contributed by atoms with Crippen molar-refractivity contribution in [1.82, 2.24) is 4.98 Å². The molecule has 3 rings (SSSR count). The number of aromatic nitrogens is 1. The van der Waals surface area contributed by atoms with Crippen LogP contribution in [0, 0.1) is 6.92 Å². The third-order valence-corrected chi connectivity index (χ3v) is 4.08. The third-order valence-electron chi connectivity index (χ3n) is 3.52. The number of halogens is 3. The zero-order valence-electron chi connectivity index (χ0n) is 12.1. The van der Waals surface area contributed by atoms with Gasteiger partial charge in [0.15, 0.2) is 0 Å². The highest BCUT2D eigenvalue weighted by Gasteiger charge is 2.20. The number of primary amides is 1. The summed E-state index contributed by atoms with van der Waals surface area (Å²) >= 11 is 12.4. The summed E-state index contributed by atoms with van der Waals surface area (Å²) in [5, 5.41) is 1.85. The van der Waals surface area contributed by atoms with Crippen molar-refractivity contribution in [2.75, 3.05) is 0 Å². The number of nitrogens with two attached hydrogens (primary N) is 1. The number of nitrogens with zero attached hydrogens (tertiary/aromatic N) is 1. The minimum atomic E-state index is -0.540. The van der Waals surface area contributed by atoms with E-state index in [2.05, 4.69) is 4.98 Å². The maximum atomic E-state index is 12.0. The largest absolute Gasteiger partial charge is 0.366 e. The average molecular weight is 368 g/mol. The second-order valence-electron chi connectivity index (χ2n) is 4.95. The Bertz CT molecular complexity index is 910. The second kappa shape index (κ2) is 6.75. The van der Waals surface area contributed by atoms with Gasteiger partial charge in [-0.25, -0.2) is 0 Å². The van der Waals surface area contributed by atoms with E-state index in [1.165, 1.54) is 0 Å². The molecule has 0 atom stereocenters. The SMILES string of the molecule is Cc1nc2ccc(Cl)cc2c(-c2ccccc2Cl)c1C(N)=O.Cl. The van der Waals surface area contributed by atoms with Crippen molar-refractivity contribution in [3.63, 3.8) is 0 Å². The normalized spacial score (nSPS) is 10.4. The maximum absolute atomic E-state index is 12.0. The van der Waals surface area contributed by atoms with E-state index < -0.39 is 5.91 Å². The standard InChI is InChI=1S/C17H12Cl2N2O.ClH/c1-9-15(17(20)22)16(11-4-2-3-5-13(11)19)12-8-10(18)6-7-14(12)21-9;/h2-8H,1H3,(H2,20,22);1H. The molecule has 0 unspecified atom stereocenters. The average Bonchev–Trinajstić information content (AvgIpc) is 2.47. The smallest absolute Gasteiger partial charge is 0.251 e. The number of fused-ring (bicyclic) bond motifs is 1. The van der Waals surface area contributed by atoms with E-state index >= 15 is 0 Å². The summed E-state index contributed by atoms with van der Waals surface area (Å²) in [4.78, 5) is 16.4. The van der Waals surface area contributed by atoms with Crippen molar-refractivity contribution >= 4 is 52.4 Å². The molecule has 2 aromatic carbocycles. The Kier molecular flexibility index (Phi) is 5.15. The molecule has 1 amide bonds. The Morgan fingerprint density at radius 3 is 2.48 bits per heavy atom. The number of carbonyl (C=O) groups excluding carboxylic acids is 1. The van der Waals surface area contributed by atoms with Crippen LogP contribution in [0.5, 0.6) is 0 Å². The van der Waals surface area contributed by atoms with Crippen molar-refractivity contribution in [2.45, 2.75) is 6.92 Å². The number of hydrogen-bond donors (Lipinski definition) is 1. The van der Waals surface area contributed by atoms with Gasteiger partial charge in [-0.3, -0.25) is 9.78 Å². The molecule has 0 aliphatic carbocycles. The van der Waals surface area contributed by atoms with E-state index in [-0.39, 0.29) is 12.4 Å². The molecule has 2 N–H and O–H groups in total. The molecule has 0 saturated carbocycles. The van der Waals surface area contributed by atoms with Gasteiger partial charge in [0.05, 0.1) is 16.8 Å². The van der Waals surface area contributed by atoms with Gasteiger partial charge >= 0.3 is 0 Å². The molecule has 0 bridgehead atoms. The Morgan fingerprint density at radius 2 is 1.83 bits per heavy atom. The third kappa shape index (κ3) is 3.13. The predicted molar refractivity (Wildman–Crippen MR) is 97.7 cm³/mol. The van der Waals surface area contributed by atoms with E-state index in [1.807, 2.05) is 24.3 Å². The number of aryl methyl sites for hydroxylation is 1. The van der Waals surface area contributed by atoms with E-state index in [1.54, 1.807) is 25.1 Å². The molecule has 1 heterocycles. The van der Waals surface area contributed by atoms with Crippen LogP contribution in [0.1, 0.15) is 16.1 Å². The number of rotatable bonds is 2. The number of benzene rings is 2. The van der Waals surface area contributed by atoms with E-state index in [0.717, 1.165) is 16.5 Å². The number of hydrogen-bond acceptors (Lipinski definition) is 2. The number of amides is 1. The van der Waals surface area contributed by atoms with Gasteiger partial charge in [-0.05, 0) is 31.2 Å². The quantitative estimate of drug-likeness (QED) is 0.690. The zero-order chi connectivity index (χ0) is 15.9.